The van der Waals surface area contributed by atoms with E-state index >= 15 is 0 Å². The van der Waals surface area contributed by atoms with Crippen molar-refractivity contribution in [1.82, 2.24) is 15.3 Å². The summed E-state index contributed by atoms with van der Waals surface area (Å²) in [6, 6.07) is 21.0. The SMILES string of the molecule is O=C(NCc1cccc(Br)c1)c1nc(Nc2ccc(F)cc2)c2ccccc2n1. The molecule has 0 aliphatic rings. The summed E-state index contributed by atoms with van der Waals surface area (Å²) in [7, 11) is 0. The molecule has 2 N–H and O–H groups in total. The number of hydrogen-bond donors (Lipinski definition) is 2. The molecular weight excluding hydrogens is 435 g/mol. The van der Waals surface area contributed by atoms with Gasteiger partial charge in [-0.1, -0.05) is 40.2 Å². The largest absolute Gasteiger partial charge is 0.345 e. The van der Waals surface area contributed by atoms with Crippen LogP contribution in [0.1, 0.15) is 16.2 Å². The number of fused-ring (bicyclic) bond motifs is 1. The zero-order chi connectivity index (χ0) is 20.2. The Morgan fingerprint density at radius 3 is 2.55 bits per heavy atom. The Bertz CT molecular complexity index is 1180. The molecule has 1 heterocycles. The molecule has 0 saturated heterocycles. The minimum absolute atomic E-state index is 0.0586. The molecule has 0 aliphatic heterocycles. The standard InChI is InChI=1S/C22H16BrFN4O/c23-15-5-3-4-14(12-15)13-25-22(29)21-27-19-7-2-1-6-18(19)20(28-21)26-17-10-8-16(24)9-11-17/h1-12H,13H2,(H,25,29)(H,26,27,28). The summed E-state index contributed by atoms with van der Waals surface area (Å²) >= 11 is 3.42. The van der Waals surface area contributed by atoms with Gasteiger partial charge in [-0.3, -0.25) is 4.79 Å². The van der Waals surface area contributed by atoms with Crippen molar-refractivity contribution in [3.05, 3.63) is 94.5 Å². The van der Waals surface area contributed by atoms with Crippen LogP contribution in [0.15, 0.2) is 77.3 Å². The van der Waals surface area contributed by atoms with Crippen LogP contribution in [0.25, 0.3) is 10.9 Å². The Morgan fingerprint density at radius 1 is 0.966 bits per heavy atom. The highest BCUT2D eigenvalue weighted by molar-refractivity contribution is 9.10. The van der Waals surface area contributed by atoms with Gasteiger partial charge in [-0.2, -0.15) is 0 Å². The molecule has 0 unspecified atom stereocenters. The van der Waals surface area contributed by atoms with E-state index in [2.05, 4.69) is 36.5 Å². The molecule has 0 saturated carbocycles. The first kappa shape index (κ1) is 19.0. The van der Waals surface area contributed by atoms with Crippen molar-refractivity contribution in [2.45, 2.75) is 6.54 Å². The fourth-order valence-electron chi connectivity index (χ4n) is 2.85. The predicted octanol–water partition coefficient (Wildman–Crippen LogP) is 5.21. The van der Waals surface area contributed by atoms with Crippen molar-refractivity contribution < 1.29 is 9.18 Å². The third kappa shape index (κ3) is 4.57. The number of amides is 1. The molecule has 3 aromatic carbocycles. The van der Waals surface area contributed by atoms with E-state index in [9.17, 15) is 9.18 Å². The maximum absolute atomic E-state index is 13.2. The van der Waals surface area contributed by atoms with E-state index in [1.807, 2.05) is 48.5 Å². The number of anilines is 2. The topological polar surface area (TPSA) is 66.9 Å². The van der Waals surface area contributed by atoms with E-state index in [1.54, 1.807) is 12.1 Å². The Kier molecular flexibility index (Phi) is 5.48. The van der Waals surface area contributed by atoms with Crippen LogP contribution in [-0.4, -0.2) is 15.9 Å². The summed E-state index contributed by atoms with van der Waals surface area (Å²) < 4.78 is 14.1. The molecule has 5 nitrogen and oxygen atoms in total. The van der Waals surface area contributed by atoms with Gasteiger partial charge in [-0.05, 0) is 54.1 Å². The molecular formula is C22H16BrFN4O. The van der Waals surface area contributed by atoms with E-state index in [0.717, 1.165) is 15.4 Å². The number of benzene rings is 3. The third-order valence-electron chi connectivity index (χ3n) is 4.26. The minimum Gasteiger partial charge on any atom is -0.345 e. The summed E-state index contributed by atoms with van der Waals surface area (Å²) in [4.78, 5) is 21.5. The van der Waals surface area contributed by atoms with E-state index < -0.39 is 0 Å². The zero-order valence-corrected chi connectivity index (χ0v) is 16.8. The van der Waals surface area contributed by atoms with Gasteiger partial charge in [-0.25, -0.2) is 14.4 Å². The lowest BCUT2D eigenvalue weighted by atomic mass is 10.2. The quantitative estimate of drug-likeness (QED) is 0.438. The van der Waals surface area contributed by atoms with Crippen molar-refractivity contribution in [1.29, 1.82) is 0 Å². The van der Waals surface area contributed by atoms with Gasteiger partial charge in [0.1, 0.15) is 11.6 Å². The fraction of sp³-hybridized carbons (Fsp3) is 0.0455. The second kappa shape index (κ2) is 8.36. The first-order valence-electron chi connectivity index (χ1n) is 8.90. The molecule has 0 spiro atoms. The molecule has 0 fully saturated rings. The van der Waals surface area contributed by atoms with E-state index in [0.29, 0.717) is 23.6 Å². The molecule has 7 heteroatoms. The summed E-state index contributed by atoms with van der Waals surface area (Å²) in [6.45, 7) is 0.356. The number of nitrogens with one attached hydrogen (secondary N) is 2. The lowest BCUT2D eigenvalue weighted by Crippen LogP contribution is -2.25. The summed E-state index contributed by atoms with van der Waals surface area (Å²) in [5, 5.41) is 6.75. The number of carbonyl (C=O) groups is 1. The lowest BCUT2D eigenvalue weighted by molar-refractivity contribution is 0.0941. The van der Waals surface area contributed by atoms with E-state index in [-0.39, 0.29) is 17.5 Å². The van der Waals surface area contributed by atoms with Crippen LogP contribution in [0.5, 0.6) is 0 Å². The Hall–Kier alpha value is -3.32. The van der Waals surface area contributed by atoms with Crippen LogP contribution in [-0.2, 0) is 6.54 Å². The predicted molar refractivity (Wildman–Crippen MR) is 115 cm³/mol. The number of carbonyl (C=O) groups excluding carboxylic acids is 1. The van der Waals surface area contributed by atoms with Crippen molar-refractivity contribution in [2.75, 3.05) is 5.32 Å². The summed E-state index contributed by atoms with van der Waals surface area (Å²) in [5.74, 6) is -0.160. The Balaban J connectivity index is 1.62. The molecule has 0 atom stereocenters. The van der Waals surface area contributed by atoms with Crippen LogP contribution in [0, 0.1) is 5.82 Å². The van der Waals surface area contributed by atoms with Crippen LogP contribution in [0.2, 0.25) is 0 Å². The van der Waals surface area contributed by atoms with Gasteiger partial charge in [0, 0.05) is 22.1 Å². The maximum Gasteiger partial charge on any atom is 0.289 e. The fourth-order valence-corrected chi connectivity index (χ4v) is 3.30. The first-order chi connectivity index (χ1) is 14.1. The zero-order valence-electron chi connectivity index (χ0n) is 15.2. The highest BCUT2D eigenvalue weighted by atomic mass is 79.9. The van der Waals surface area contributed by atoms with E-state index in [4.69, 9.17) is 0 Å². The molecule has 1 amide bonds. The Morgan fingerprint density at radius 2 is 1.76 bits per heavy atom. The number of hydrogen-bond acceptors (Lipinski definition) is 4. The van der Waals surface area contributed by atoms with Crippen molar-refractivity contribution in [3.8, 4) is 0 Å². The van der Waals surface area contributed by atoms with Gasteiger partial charge >= 0.3 is 0 Å². The van der Waals surface area contributed by atoms with Gasteiger partial charge in [0.05, 0.1) is 5.52 Å². The van der Waals surface area contributed by atoms with Crippen LogP contribution in [0.4, 0.5) is 15.9 Å². The van der Waals surface area contributed by atoms with Crippen molar-refractivity contribution >= 4 is 44.2 Å². The average Bonchev–Trinajstić information content (AvgIpc) is 2.73. The Labute approximate surface area is 175 Å². The summed E-state index contributed by atoms with van der Waals surface area (Å²) in [6.07, 6.45) is 0. The second-order valence-corrected chi connectivity index (χ2v) is 7.27. The number of nitrogens with zero attached hydrogens (tertiary/aromatic N) is 2. The van der Waals surface area contributed by atoms with Gasteiger partial charge in [0.2, 0.25) is 5.82 Å². The maximum atomic E-state index is 13.2. The van der Waals surface area contributed by atoms with Gasteiger partial charge in [0.15, 0.2) is 0 Å². The monoisotopic (exact) mass is 450 g/mol. The summed E-state index contributed by atoms with van der Waals surface area (Å²) in [5.41, 5.74) is 2.26. The molecule has 4 aromatic rings. The minimum atomic E-state index is -0.377. The van der Waals surface area contributed by atoms with Gasteiger partial charge in [-0.15, -0.1) is 0 Å². The van der Waals surface area contributed by atoms with Crippen LogP contribution in [0.3, 0.4) is 0 Å². The van der Waals surface area contributed by atoms with Crippen molar-refractivity contribution in [2.24, 2.45) is 0 Å². The van der Waals surface area contributed by atoms with Crippen LogP contribution >= 0.6 is 15.9 Å². The lowest BCUT2D eigenvalue weighted by Gasteiger charge is -2.11. The number of halogens is 2. The number of para-hydroxylation sites is 1. The highest BCUT2D eigenvalue weighted by Gasteiger charge is 2.14. The van der Waals surface area contributed by atoms with Gasteiger partial charge in [0.25, 0.3) is 5.91 Å². The number of rotatable bonds is 5. The van der Waals surface area contributed by atoms with E-state index in [1.165, 1.54) is 12.1 Å². The number of aromatic nitrogens is 2. The first-order valence-corrected chi connectivity index (χ1v) is 9.70. The van der Waals surface area contributed by atoms with Crippen molar-refractivity contribution in [3.63, 3.8) is 0 Å². The molecule has 29 heavy (non-hydrogen) atoms. The highest BCUT2D eigenvalue weighted by Crippen LogP contribution is 2.24. The molecule has 1 aromatic heterocycles. The molecule has 144 valence electrons. The molecule has 0 radical (unpaired) electrons. The average molecular weight is 451 g/mol. The smallest absolute Gasteiger partial charge is 0.289 e. The second-order valence-electron chi connectivity index (χ2n) is 6.36. The third-order valence-corrected chi connectivity index (χ3v) is 4.75. The van der Waals surface area contributed by atoms with Crippen LogP contribution < -0.4 is 10.6 Å². The normalized spacial score (nSPS) is 10.7. The molecule has 4 rings (SSSR count). The molecule has 0 bridgehead atoms. The molecule has 0 aliphatic carbocycles. The van der Waals surface area contributed by atoms with Gasteiger partial charge < -0.3 is 10.6 Å².